The van der Waals surface area contributed by atoms with Crippen molar-refractivity contribution >= 4 is 11.6 Å². The highest BCUT2D eigenvalue weighted by molar-refractivity contribution is 6.06. The number of pyridine rings is 1. The van der Waals surface area contributed by atoms with Gasteiger partial charge in [0.25, 0.3) is 11.5 Å². The molecule has 1 aromatic carbocycles. The molecular weight excluding hydrogens is 316 g/mol. The predicted molar refractivity (Wildman–Crippen MR) is 95.8 cm³/mol. The molecule has 2 aromatic heterocycles. The topological polar surface area (TPSA) is 66.3 Å². The number of benzene rings is 1. The second-order valence-corrected chi connectivity index (χ2v) is 6.45. The van der Waals surface area contributed by atoms with Crippen LogP contribution in [0.3, 0.4) is 0 Å². The average Bonchev–Trinajstić information content (AvgIpc) is 3.15. The number of amides is 1. The lowest BCUT2D eigenvalue weighted by atomic mass is 9.93. The van der Waals surface area contributed by atoms with Crippen molar-refractivity contribution in [2.45, 2.75) is 13.3 Å². The van der Waals surface area contributed by atoms with Crippen molar-refractivity contribution in [1.29, 1.82) is 0 Å². The number of hydrogen-bond donors (Lipinski definition) is 1. The highest BCUT2D eigenvalue weighted by atomic mass is 16.3. The van der Waals surface area contributed by atoms with Gasteiger partial charge in [-0.1, -0.05) is 25.1 Å². The second kappa shape index (κ2) is 6.09. The minimum atomic E-state index is -0.408. The standard InChI is InChI=1S/C20H18N2O3/c1-13-11-14-5-2-3-6-17(14)22(12-13)20(24)15-8-9-16(21-19(15)23)18-7-4-10-25-18/h2-10,13H,11-12H2,1H3,(H,21,23). The van der Waals surface area contributed by atoms with Crippen LogP contribution in [0.25, 0.3) is 11.5 Å². The molecule has 3 aromatic rings. The number of H-pyrrole nitrogens is 1. The van der Waals surface area contributed by atoms with E-state index in [2.05, 4.69) is 11.9 Å². The molecule has 1 atom stereocenters. The highest BCUT2D eigenvalue weighted by Crippen LogP contribution is 2.30. The lowest BCUT2D eigenvalue weighted by molar-refractivity contribution is 0.0979. The number of carbonyl (C=O) groups excluding carboxylic acids is 1. The first-order valence-electron chi connectivity index (χ1n) is 8.30. The highest BCUT2D eigenvalue weighted by Gasteiger charge is 2.28. The van der Waals surface area contributed by atoms with Gasteiger partial charge in [0, 0.05) is 12.2 Å². The Kier molecular flexibility index (Phi) is 3.76. The SMILES string of the molecule is CC1Cc2ccccc2N(C(=O)c2ccc(-c3ccco3)[nH]c2=O)C1. The van der Waals surface area contributed by atoms with Gasteiger partial charge in [-0.15, -0.1) is 0 Å². The molecule has 1 amide bonds. The maximum atomic E-state index is 13.0. The first kappa shape index (κ1) is 15.4. The summed E-state index contributed by atoms with van der Waals surface area (Å²) in [5.41, 5.74) is 2.31. The second-order valence-electron chi connectivity index (χ2n) is 6.45. The molecule has 1 aliphatic rings. The molecule has 126 valence electrons. The van der Waals surface area contributed by atoms with Gasteiger partial charge >= 0.3 is 0 Å². The fourth-order valence-corrected chi connectivity index (χ4v) is 3.35. The Balaban J connectivity index is 1.71. The fraction of sp³-hybridized carbons (Fsp3) is 0.200. The van der Waals surface area contributed by atoms with E-state index in [4.69, 9.17) is 4.42 Å². The number of rotatable bonds is 2. The minimum absolute atomic E-state index is 0.138. The minimum Gasteiger partial charge on any atom is -0.463 e. The zero-order valence-electron chi connectivity index (χ0n) is 13.9. The van der Waals surface area contributed by atoms with E-state index < -0.39 is 5.56 Å². The molecule has 0 spiro atoms. The molecule has 0 saturated heterocycles. The molecule has 5 heteroatoms. The monoisotopic (exact) mass is 334 g/mol. The molecule has 5 nitrogen and oxygen atoms in total. The van der Waals surface area contributed by atoms with Crippen LogP contribution in [0.5, 0.6) is 0 Å². The Hall–Kier alpha value is -3.08. The Bertz CT molecular complexity index is 973. The first-order chi connectivity index (χ1) is 12.1. The Morgan fingerprint density at radius 3 is 2.76 bits per heavy atom. The number of nitrogens with zero attached hydrogens (tertiary/aromatic N) is 1. The predicted octanol–water partition coefficient (Wildman–Crippen LogP) is 3.47. The van der Waals surface area contributed by atoms with Crippen molar-refractivity contribution < 1.29 is 9.21 Å². The van der Waals surface area contributed by atoms with Crippen molar-refractivity contribution in [3.05, 3.63) is 76.3 Å². The molecule has 0 aliphatic carbocycles. The number of carbonyl (C=O) groups is 1. The molecule has 0 radical (unpaired) electrons. The van der Waals surface area contributed by atoms with Gasteiger partial charge in [0.05, 0.1) is 12.0 Å². The fourth-order valence-electron chi connectivity index (χ4n) is 3.35. The van der Waals surface area contributed by atoms with Crippen LogP contribution in [0, 0.1) is 5.92 Å². The third kappa shape index (κ3) is 2.78. The molecule has 0 bridgehead atoms. The number of fused-ring (bicyclic) bond motifs is 1. The molecule has 4 rings (SSSR count). The summed E-state index contributed by atoms with van der Waals surface area (Å²) >= 11 is 0. The molecule has 1 unspecified atom stereocenters. The lowest BCUT2D eigenvalue weighted by Crippen LogP contribution is -2.41. The van der Waals surface area contributed by atoms with Gasteiger partial charge in [0.15, 0.2) is 0 Å². The van der Waals surface area contributed by atoms with E-state index in [9.17, 15) is 9.59 Å². The van der Waals surface area contributed by atoms with Gasteiger partial charge in [-0.05, 0) is 48.2 Å². The maximum Gasteiger partial charge on any atom is 0.263 e. The van der Waals surface area contributed by atoms with Crippen LogP contribution in [-0.4, -0.2) is 17.4 Å². The summed E-state index contributed by atoms with van der Waals surface area (Å²) in [6.07, 6.45) is 2.48. The Morgan fingerprint density at radius 2 is 2.00 bits per heavy atom. The number of para-hydroxylation sites is 1. The molecule has 3 heterocycles. The largest absolute Gasteiger partial charge is 0.463 e. The number of furan rings is 1. The van der Waals surface area contributed by atoms with E-state index in [0.717, 1.165) is 17.7 Å². The van der Waals surface area contributed by atoms with E-state index in [1.165, 1.54) is 0 Å². The van der Waals surface area contributed by atoms with Crippen molar-refractivity contribution in [2.24, 2.45) is 5.92 Å². The van der Waals surface area contributed by atoms with Gasteiger partial charge in [0.2, 0.25) is 0 Å². The van der Waals surface area contributed by atoms with Gasteiger partial charge in [-0.25, -0.2) is 0 Å². The van der Waals surface area contributed by atoms with E-state index >= 15 is 0 Å². The number of nitrogens with one attached hydrogen (secondary N) is 1. The van der Waals surface area contributed by atoms with Crippen LogP contribution in [-0.2, 0) is 6.42 Å². The third-order valence-electron chi connectivity index (χ3n) is 4.52. The summed E-state index contributed by atoms with van der Waals surface area (Å²) in [6, 6.07) is 14.6. The molecule has 1 aliphatic heterocycles. The van der Waals surface area contributed by atoms with Gasteiger partial charge < -0.3 is 14.3 Å². The van der Waals surface area contributed by atoms with E-state index in [0.29, 0.717) is 23.9 Å². The van der Waals surface area contributed by atoms with Crippen molar-refractivity contribution in [2.75, 3.05) is 11.4 Å². The number of aromatic nitrogens is 1. The van der Waals surface area contributed by atoms with Crippen molar-refractivity contribution in [3.8, 4) is 11.5 Å². The Morgan fingerprint density at radius 1 is 1.16 bits per heavy atom. The number of anilines is 1. The van der Waals surface area contributed by atoms with E-state index in [-0.39, 0.29) is 11.5 Å². The number of aromatic amines is 1. The first-order valence-corrected chi connectivity index (χ1v) is 8.30. The van der Waals surface area contributed by atoms with Crippen molar-refractivity contribution in [1.82, 2.24) is 4.98 Å². The summed E-state index contributed by atoms with van der Waals surface area (Å²) in [6.45, 7) is 2.72. The van der Waals surface area contributed by atoms with Crippen LogP contribution in [0.1, 0.15) is 22.8 Å². The molecule has 0 fully saturated rings. The van der Waals surface area contributed by atoms with Gasteiger partial charge in [0.1, 0.15) is 11.3 Å². The normalized spacial score (nSPS) is 16.5. The summed E-state index contributed by atoms with van der Waals surface area (Å²) in [5, 5.41) is 0. The number of hydrogen-bond acceptors (Lipinski definition) is 3. The zero-order chi connectivity index (χ0) is 17.4. The zero-order valence-corrected chi connectivity index (χ0v) is 13.9. The summed E-state index contributed by atoms with van der Waals surface area (Å²) in [5.74, 6) is 0.639. The molecule has 25 heavy (non-hydrogen) atoms. The van der Waals surface area contributed by atoms with Gasteiger partial charge in [-0.2, -0.15) is 0 Å². The molecular formula is C20H18N2O3. The van der Waals surface area contributed by atoms with Crippen LogP contribution < -0.4 is 10.5 Å². The van der Waals surface area contributed by atoms with Crippen molar-refractivity contribution in [3.63, 3.8) is 0 Å². The summed E-state index contributed by atoms with van der Waals surface area (Å²) in [4.78, 5) is 29.9. The average molecular weight is 334 g/mol. The van der Waals surface area contributed by atoms with E-state index in [1.807, 2.05) is 24.3 Å². The molecule has 1 N–H and O–H groups in total. The summed E-state index contributed by atoms with van der Waals surface area (Å²) < 4.78 is 5.29. The molecule has 0 saturated carbocycles. The maximum absolute atomic E-state index is 13.0. The Labute approximate surface area is 144 Å². The smallest absolute Gasteiger partial charge is 0.263 e. The van der Waals surface area contributed by atoms with E-state index in [1.54, 1.807) is 35.4 Å². The van der Waals surface area contributed by atoms with Crippen LogP contribution in [0.2, 0.25) is 0 Å². The lowest BCUT2D eigenvalue weighted by Gasteiger charge is -2.33. The quantitative estimate of drug-likeness (QED) is 0.780. The van der Waals surface area contributed by atoms with Crippen LogP contribution in [0.15, 0.2) is 64.0 Å². The van der Waals surface area contributed by atoms with Crippen LogP contribution in [0.4, 0.5) is 5.69 Å². The van der Waals surface area contributed by atoms with Crippen LogP contribution >= 0.6 is 0 Å². The summed E-state index contributed by atoms with van der Waals surface area (Å²) in [7, 11) is 0. The van der Waals surface area contributed by atoms with Gasteiger partial charge in [-0.3, -0.25) is 9.59 Å². The third-order valence-corrected chi connectivity index (χ3v) is 4.52.